The summed E-state index contributed by atoms with van der Waals surface area (Å²) in [5, 5.41) is 0. The molecular weight excluding hydrogens is 189 g/mol. The maximum Gasteiger partial charge on any atom is 0.0286 e. The van der Waals surface area contributed by atoms with Gasteiger partial charge in [0, 0.05) is 38.5 Å². The molecule has 1 aromatic heterocycles. The largest absolute Gasteiger partial charge is 0.399 e. The van der Waals surface area contributed by atoms with Crippen LogP contribution < -0.4 is 5.73 Å². The zero-order chi connectivity index (χ0) is 5.98. The Morgan fingerprint density at radius 3 is 2.67 bits per heavy atom. The van der Waals surface area contributed by atoms with E-state index in [-0.39, 0.29) is 32.7 Å². The molecule has 1 radical (unpaired) electrons. The summed E-state index contributed by atoms with van der Waals surface area (Å²) < 4.78 is 0. The molecule has 1 heterocycles. The van der Waals surface area contributed by atoms with E-state index in [4.69, 9.17) is 5.73 Å². The smallest absolute Gasteiger partial charge is 0.0286 e. The molecule has 0 fully saturated rings. The number of aryl methyl sites for hydroxylation is 1. The number of rotatable bonds is 0. The molecule has 1 aromatic rings. The van der Waals surface area contributed by atoms with Crippen molar-refractivity contribution in [3.05, 3.63) is 23.9 Å². The van der Waals surface area contributed by atoms with Gasteiger partial charge in [-0.15, -0.1) is 0 Å². The fraction of sp³-hybridized carbons (Fsp3) is 0.167. The number of pyridine rings is 1. The number of hydrogen-bond donors (Lipinski definition) is 1. The Bertz CT molecular complexity index is 171. The molecule has 0 amide bonds. The second kappa shape index (κ2) is 3.96. The van der Waals surface area contributed by atoms with E-state index in [0.29, 0.717) is 5.82 Å². The molecule has 0 bridgehead atoms. The summed E-state index contributed by atoms with van der Waals surface area (Å²) in [6, 6.07) is 6.36. The van der Waals surface area contributed by atoms with Gasteiger partial charge in [-0.1, -0.05) is 0 Å². The van der Waals surface area contributed by atoms with E-state index in [0.717, 1.165) is 5.69 Å². The van der Waals surface area contributed by atoms with Crippen molar-refractivity contribution in [1.82, 2.24) is 4.98 Å². The number of nitrogen functional groups attached to an aromatic ring is 1. The van der Waals surface area contributed by atoms with Gasteiger partial charge in [-0.3, -0.25) is 4.98 Å². The van der Waals surface area contributed by atoms with Crippen LogP contribution in [0.25, 0.3) is 0 Å². The molecule has 0 atom stereocenters. The Hall–Kier alpha value is 0.0539. The average Bonchev–Trinajstić information content (AvgIpc) is 1.64. The van der Waals surface area contributed by atoms with Crippen LogP contribution in [0.2, 0.25) is 0 Å². The van der Waals surface area contributed by atoms with E-state index in [1.807, 2.05) is 13.0 Å². The van der Waals surface area contributed by atoms with Gasteiger partial charge in [-0.25, -0.2) is 12.1 Å². The molecule has 0 spiro atoms. The minimum atomic E-state index is 0. The summed E-state index contributed by atoms with van der Waals surface area (Å²) in [4.78, 5) is 3.90. The van der Waals surface area contributed by atoms with Crippen molar-refractivity contribution in [2.24, 2.45) is 0 Å². The summed E-state index contributed by atoms with van der Waals surface area (Å²) in [6.07, 6.45) is 0. The minimum absolute atomic E-state index is 0. The molecule has 2 nitrogen and oxygen atoms in total. The number of aromatic nitrogens is 1. The van der Waals surface area contributed by atoms with Gasteiger partial charge in [-0.05, 0) is 12.6 Å². The van der Waals surface area contributed by atoms with Gasteiger partial charge in [0.25, 0.3) is 0 Å². The standard InChI is InChI=1S/C6H7N2.Y/c1-5-3-2-4-6(7)8-5;/h2-3H,1H3,(H2,7,8);/q-1;. The Morgan fingerprint density at radius 2 is 2.33 bits per heavy atom. The summed E-state index contributed by atoms with van der Waals surface area (Å²) >= 11 is 0. The van der Waals surface area contributed by atoms with E-state index in [1.165, 1.54) is 0 Å². The first-order valence-corrected chi connectivity index (χ1v) is 2.40. The zero-order valence-electron chi connectivity index (χ0n) is 5.26. The first-order chi connectivity index (χ1) is 3.79. The van der Waals surface area contributed by atoms with Crippen LogP contribution in [-0.4, -0.2) is 4.98 Å². The van der Waals surface area contributed by atoms with E-state index in [1.54, 1.807) is 6.07 Å². The Morgan fingerprint density at radius 1 is 1.67 bits per heavy atom. The van der Waals surface area contributed by atoms with Gasteiger partial charge in [-0.2, -0.15) is 6.07 Å². The molecule has 0 aliphatic heterocycles. The maximum absolute atomic E-state index is 5.29. The number of hydrogen-bond acceptors (Lipinski definition) is 2. The summed E-state index contributed by atoms with van der Waals surface area (Å²) in [7, 11) is 0. The second-order valence-electron chi connectivity index (χ2n) is 1.62. The molecule has 0 aliphatic carbocycles. The van der Waals surface area contributed by atoms with Gasteiger partial charge in [0.1, 0.15) is 0 Å². The van der Waals surface area contributed by atoms with Crippen molar-refractivity contribution in [3.8, 4) is 0 Å². The van der Waals surface area contributed by atoms with Crippen molar-refractivity contribution in [2.45, 2.75) is 6.92 Å². The number of anilines is 1. The van der Waals surface area contributed by atoms with Crippen LogP contribution in [0.3, 0.4) is 0 Å². The quantitative estimate of drug-likeness (QED) is 0.622. The molecule has 9 heavy (non-hydrogen) atoms. The predicted molar refractivity (Wildman–Crippen MR) is 32.2 cm³/mol. The van der Waals surface area contributed by atoms with Crippen LogP contribution in [0.5, 0.6) is 0 Å². The van der Waals surface area contributed by atoms with Crippen molar-refractivity contribution in [3.63, 3.8) is 0 Å². The third kappa shape index (κ3) is 2.92. The summed E-state index contributed by atoms with van der Waals surface area (Å²) in [5.74, 6) is 0.463. The van der Waals surface area contributed by atoms with E-state index in [2.05, 4.69) is 11.1 Å². The van der Waals surface area contributed by atoms with Crippen LogP contribution in [-0.2, 0) is 32.7 Å². The number of nitrogens with zero attached hydrogens (tertiary/aromatic N) is 1. The number of nitrogens with two attached hydrogens (primary N) is 1. The maximum atomic E-state index is 5.29. The fourth-order valence-corrected chi connectivity index (χ4v) is 0.507. The molecule has 3 heteroatoms. The molecule has 0 aromatic carbocycles. The summed E-state index contributed by atoms with van der Waals surface area (Å²) in [5.41, 5.74) is 6.22. The SMILES string of the molecule is Cc1cc[c-]c(N)n1.[Y]. The van der Waals surface area contributed by atoms with Crippen molar-refractivity contribution < 1.29 is 32.7 Å². The third-order valence-corrected chi connectivity index (χ3v) is 0.853. The van der Waals surface area contributed by atoms with E-state index in [9.17, 15) is 0 Å². The minimum Gasteiger partial charge on any atom is -0.399 e. The molecule has 0 unspecified atom stereocenters. The van der Waals surface area contributed by atoms with Crippen molar-refractivity contribution in [1.29, 1.82) is 0 Å². The first-order valence-electron chi connectivity index (χ1n) is 2.40. The van der Waals surface area contributed by atoms with Crippen LogP contribution in [0, 0.1) is 13.0 Å². The van der Waals surface area contributed by atoms with Crippen LogP contribution >= 0.6 is 0 Å². The average molecular weight is 196 g/mol. The van der Waals surface area contributed by atoms with Crippen LogP contribution in [0.15, 0.2) is 12.1 Å². The third-order valence-electron chi connectivity index (χ3n) is 0.853. The van der Waals surface area contributed by atoms with Gasteiger partial charge in [0.2, 0.25) is 0 Å². The van der Waals surface area contributed by atoms with Crippen molar-refractivity contribution in [2.75, 3.05) is 5.73 Å². The first kappa shape index (κ1) is 9.05. The Kier molecular flexibility index (Phi) is 3.99. The van der Waals surface area contributed by atoms with Gasteiger partial charge in [0.05, 0.1) is 0 Å². The van der Waals surface area contributed by atoms with Crippen molar-refractivity contribution >= 4 is 5.82 Å². The van der Waals surface area contributed by atoms with E-state index >= 15 is 0 Å². The van der Waals surface area contributed by atoms with Crippen LogP contribution in [0.4, 0.5) is 5.82 Å². The molecule has 2 N–H and O–H groups in total. The predicted octanol–water partition coefficient (Wildman–Crippen LogP) is 0.770. The molecular formula is C6H7N2Y-. The second-order valence-corrected chi connectivity index (χ2v) is 1.62. The Labute approximate surface area is 79.7 Å². The zero-order valence-corrected chi connectivity index (χ0v) is 8.09. The molecule has 1 rings (SSSR count). The van der Waals surface area contributed by atoms with Crippen LogP contribution in [0.1, 0.15) is 5.69 Å². The Balaban J connectivity index is 0.000000640. The van der Waals surface area contributed by atoms with Gasteiger partial charge in [0.15, 0.2) is 0 Å². The molecule has 45 valence electrons. The monoisotopic (exact) mass is 196 g/mol. The molecule has 0 saturated carbocycles. The summed E-state index contributed by atoms with van der Waals surface area (Å²) in [6.45, 7) is 1.89. The van der Waals surface area contributed by atoms with E-state index < -0.39 is 0 Å². The fourth-order valence-electron chi connectivity index (χ4n) is 0.507. The molecule has 0 saturated heterocycles. The molecule has 0 aliphatic rings. The van der Waals surface area contributed by atoms with Gasteiger partial charge < -0.3 is 5.73 Å². The topological polar surface area (TPSA) is 38.9 Å². The van der Waals surface area contributed by atoms with Gasteiger partial charge >= 0.3 is 0 Å². The normalized spacial score (nSPS) is 8.11.